The van der Waals surface area contributed by atoms with Crippen LogP contribution in [0.25, 0.3) is 0 Å². The Balaban J connectivity index is 1.65. The van der Waals surface area contributed by atoms with Crippen molar-refractivity contribution in [2.45, 2.75) is 38.7 Å². The van der Waals surface area contributed by atoms with Gasteiger partial charge in [0.25, 0.3) is 5.91 Å². The van der Waals surface area contributed by atoms with E-state index in [1.165, 1.54) is 19.3 Å². The fourth-order valence-corrected chi connectivity index (χ4v) is 2.51. The number of ether oxygens (including phenoxy) is 1. The number of hydrogen-bond donors (Lipinski definition) is 1. The molecular formula is C15H22N2O2. The third-order valence-corrected chi connectivity index (χ3v) is 3.69. The number of nitrogens with zero attached hydrogens (tertiary/aromatic N) is 1. The molecule has 1 saturated carbocycles. The smallest absolute Gasteiger partial charge is 0.251 e. The Hall–Kier alpha value is -1.42. The Bertz CT molecular complexity index is 394. The van der Waals surface area contributed by atoms with Crippen molar-refractivity contribution in [1.82, 2.24) is 10.3 Å². The molecule has 0 radical (unpaired) electrons. The quantitative estimate of drug-likeness (QED) is 0.829. The summed E-state index contributed by atoms with van der Waals surface area (Å²) in [6.07, 6.45) is 8.60. The van der Waals surface area contributed by atoms with Crippen LogP contribution < -0.4 is 5.32 Å². The number of aromatic nitrogens is 1. The molecule has 1 aromatic rings. The first-order valence-corrected chi connectivity index (χ1v) is 7.07. The highest BCUT2D eigenvalue weighted by Gasteiger charge is 2.21. The largest absolute Gasteiger partial charge is 0.376 e. The Morgan fingerprint density at radius 3 is 2.84 bits per heavy atom. The molecule has 1 fully saturated rings. The molecule has 1 aliphatic rings. The van der Waals surface area contributed by atoms with Gasteiger partial charge in [-0.3, -0.25) is 9.78 Å². The molecule has 2 atom stereocenters. The lowest BCUT2D eigenvalue weighted by Crippen LogP contribution is -2.31. The zero-order valence-corrected chi connectivity index (χ0v) is 11.5. The van der Waals surface area contributed by atoms with E-state index in [1.54, 1.807) is 24.5 Å². The van der Waals surface area contributed by atoms with Gasteiger partial charge in [0.1, 0.15) is 0 Å². The highest BCUT2D eigenvalue weighted by Crippen LogP contribution is 2.25. The second-order valence-corrected chi connectivity index (χ2v) is 5.16. The third-order valence-electron chi connectivity index (χ3n) is 3.69. The minimum atomic E-state index is -0.0670. The van der Waals surface area contributed by atoms with Crippen molar-refractivity contribution in [3.8, 4) is 0 Å². The minimum absolute atomic E-state index is 0.0670. The number of amides is 1. The van der Waals surface area contributed by atoms with E-state index in [9.17, 15) is 4.79 Å². The average Bonchev–Trinajstić information content (AvgIpc) is 2.46. The topological polar surface area (TPSA) is 51.2 Å². The molecule has 1 aliphatic carbocycles. The Morgan fingerprint density at radius 1 is 1.37 bits per heavy atom. The lowest BCUT2D eigenvalue weighted by Gasteiger charge is -2.28. The zero-order chi connectivity index (χ0) is 13.5. The van der Waals surface area contributed by atoms with Crippen LogP contribution in [0.15, 0.2) is 24.5 Å². The van der Waals surface area contributed by atoms with Crippen molar-refractivity contribution < 1.29 is 9.53 Å². The van der Waals surface area contributed by atoms with E-state index in [0.29, 0.717) is 30.7 Å². The van der Waals surface area contributed by atoms with Crippen LogP contribution >= 0.6 is 0 Å². The molecule has 0 aromatic carbocycles. The Kier molecular flexibility index (Phi) is 5.33. The van der Waals surface area contributed by atoms with Crippen LogP contribution in [-0.2, 0) is 4.74 Å². The fourth-order valence-electron chi connectivity index (χ4n) is 2.51. The number of rotatable bonds is 5. The van der Waals surface area contributed by atoms with Crippen molar-refractivity contribution in [3.05, 3.63) is 30.1 Å². The van der Waals surface area contributed by atoms with Gasteiger partial charge in [-0.15, -0.1) is 0 Å². The first-order valence-electron chi connectivity index (χ1n) is 7.07. The van der Waals surface area contributed by atoms with Crippen LogP contribution in [0.5, 0.6) is 0 Å². The summed E-state index contributed by atoms with van der Waals surface area (Å²) < 4.78 is 5.85. The second-order valence-electron chi connectivity index (χ2n) is 5.16. The van der Waals surface area contributed by atoms with E-state index in [0.717, 1.165) is 6.42 Å². The van der Waals surface area contributed by atoms with Crippen molar-refractivity contribution in [1.29, 1.82) is 0 Å². The van der Waals surface area contributed by atoms with E-state index < -0.39 is 0 Å². The molecule has 0 bridgehead atoms. The SMILES string of the molecule is C[C@@H]1CCCC[C@@H]1OCCNC(=O)c1ccncc1. The maximum Gasteiger partial charge on any atom is 0.251 e. The summed E-state index contributed by atoms with van der Waals surface area (Å²) in [4.78, 5) is 15.7. The monoisotopic (exact) mass is 262 g/mol. The van der Waals surface area contributed by atoms with Gasteiger partial charge in [0.05, 0.1) is 12.7 Å². The molecule has 4 nitrogen and oxygen atoms in total. The molecule has 4 heteroatoms. The van der Waals surface area contributed by atoms with Crippen molar-refractivity contribution in [3.63, 3.8) is 0 Å². The Labute approximate surface area is 114 Å². The van der Waals surface area contributed by atoms with Gasteiger partial charge in [-0.25, -0.2) is 0 Å². The molecule has 0 saturated heterocycles. The van der Waals surface area contributed by atoms with E-state index in [4.69, 9.17) is 4.74 Å². The standard InChI is InChI=1S/C15H22N2O2/c1-12-4-2-3-5-14(12)19-11-10-17-15(18)13-6-8-16-9-7-13/h6-9,12,14H,2-5,10-11H2,1H3,(H,17,18)/t12-,14+/m1/s1. The predicted octanol–water partition coefficient (Wildman–Crippen LogP) is 2.41. The maximum atomic E-state index is 11.8. The number of pyridine rings is 1. The summed E-state index contributed by atoms with van der Waals surface area (Å²) in [5, 5.41) is 2.86. The summed E-state index contributed by atoms with van der Waals surface area (Å²) in [5.74, 6) is 0.576. The summed E-state index contributed by atoms with van der Waals surface area (Å²) in [5.41, 5.74) is 0.640. The fraction of sp³-hybridized carbons (Fsp3) is 0.600. The maximum absolute atomic E-state index is 11.8. The summed E-state index contributed by atoms with van der Waals surface area (Å²) in [7, 11) is 0. The summed E-state index contributed by atoms with van der Waals surface area (Å²) in [6, 6.07) is 3.42. The van der Waals surface area contributed by atoms with Crippen LogP contribution in [0.2, 0.25) is 0 Å². The van der Waals surface area contributed by atoms with Gasteiger partial charge in [0, 0.05) is 24.5 Å². The van der Waals surface area contributed by atoms with Gasteiger partial charge in [-0.05, 0) is 30.9 Å². The van der Waals surface area contributed by atoms with Crippen LogP contribution in [0.4, 0.5) is 0 Å². The normalized spacial score (nSPS) is 23.0. The first-order chi connectivity index (χ1) is 9.27. The molecule has 104 valence electrons. The molecule has 1 amide bonds. The van der Waals surface area contributed by atoms with Crippen LogP contribution in [-0.4, -0.2) is 30.1 Å². The van der Waals surface area contributed by atoms with Gasteiger partial charge in [0.2, 0.25) is 0 Å². The van der Waals surface area contributed by atoms with E-state index >= 15 is 0 Å². The van der Waals surface area contributed by atoms with E-state index in [2.05, 4.69) is 17.2 Å². The third kappa shape index (κ3) is 4.31. The lowest BCUT2D eigenvalue weighted by molar-refractivity contribution is -0.00293. The van der Waals surface area contributed by atoms with Crippen molar-refractivity contribution >= 4 is 5.91 Å². The molecular weight excluding hydrogens is 240 g/mol. The summed E-state index contributed by atoms with van der Waals surface area (Å²) >= 11 is 0. The molecule has 0 unspecified atom stereocenters. The van der Waals surface area contributed by atoms with Crippen molar-refractivity contribution in [2.24, 2.45) is 5.92 Å². The van der Waals surface area contributed by atoms with Crippen LogP contribution in [0.3, 0.4) is 0 Å². The van der Waals surface area contributed by atoms with Crippen LogP contribution in [0.1, 0.15) is 43.0 Å². The average molecular weight is 262 g/mol. The molecule has 1 heterocycles. The van der Waals surface area contributed by atoms with E-state index in [-0.39, 0.29) is 5.91 Å². The number of hydrogen-bond acceptors (Lipinski definition) is 3. The predicted molar refractivity (Wildman–Crippen MR) is 73.9 cm³/mol. The number of carbonyl (C=O) groups excluding carboxylic acids is 1. The van der Waals surface area contributed by atoms with E-state index in [1.807, 2.05) is 0 Å². The molecule has 0 aliphatic heterocycles. The highest BCUT2D eigenvalue weighted by atomic mass is 16.5. The molecule has 1 aromatic heterocycles. The zero-order valence-electron chi connectivity index (χ0n) is 11.5. The van der Waals surface area contributed by atoms with Gasteiger partial charge in [0.15, 0.2) is 0 Å². The van der Waals surface area contributed by atoms with Gasteiger partial charge in [-0.1, -0.05) is 19.8 Å². The van der Waals surface area contributed by atoms with Gasteiger partial charge < -0.3 is 10.1 Å². The molecule has 1 N–H and O–H groups in total. The highest BCUT2D eigenvalue weighted by molar-refractivity contribution is 5.93. The van der Waals surface area contributed by atoms with Crippen LogP contribution in [0, 0.1) is 5.92 Å². The minimum Gasteiger partial charge on any atom is -0.376 e. The van der Waals surface area contributed by atoms with Gasteiger partial charge in [-0.2, -0.15) is 0 Å². The lowest BCUT2D eigenvalue weighted by atomic mass is 9.88. The van der Waals surface area contributed by atoms with Gasteiger partial charge >= 0.3 is 0 Å². The first kappa shape index (κ1) is 14.0. The molecule has 2 rings (SSSR count). The molecule has 19 heavy (non-hydrogen) atoms. The summed E-state index contributed by atoms with van der Waals surface area (Å²) in [6.45, 7) is 3.40. The number of carbonyl (C=O) groups is 1. The van der Waals surface area contributed by atoms with Crippen molar-refractivity contribution in [2.75, 3.05) is 13.2 Å². The number of nitrogens with one attached hydrogen (secondary N) is 1. The molecule has 0 spiro atoms. The Morgan fingerprint density at radius 2 is 2.11 bits per heavy atom. The second kappa shape index (κ2) is 7.24.